The van der Waals surface area contributed by atoms with E-state index in [1.54, 1.807) is 0 Å². The fourth-order valence-corrected chi connectivity index (χ4v) is 0. The number of aliphatic carboxylic acids is 2. The molecule has 134 valence electrons. The first kappa shape index (κ1) is 32.2. The minimum Gasteiger partial charge on any atom is -0.478 e. The standard InChI is InChI=1S/2C3H4O2.3C2H7NO/c2*1-2-3(4)5;3*3-1-2-4/h2*2H,1H2,(H,4,5);3*4H,1-3H2. The summed E-state index contributed by atoms with van der Waals surface area (Å²) in [6.07, 6.45) is 1.67. The maximum absolute atomic E-state index is 9.25. The van der Waals surface area contributed by atoms with E-state index in [-0.39, 0.29) is 19.8 Å². The van der Waals surface area contributed by atoms with Gasteiger partial charge < -0.3 is 42.7 Å². The van der Waals surface area contributed by atoms with Crippen LogP contribution < -0.4 is 17.2 Å². The van der Waals surface area contributed by atoms with Gasteiger partial charge in [0, 0.05) is 31.8 Å². The lowest BCUT2D eigenvalue weighted by Crippen LogP contribution is -2.02. The molecule has 0 atom stereocenters. The monoisotopic (exact) mass is 327 g/mol. The van der Waals surface area contributed by atoms with E-state index < -0.39 is 11.9 Å². The maximum Gasteiger partial charge on any atom is 0.327 e. The molecule has 0 aliphatic heterocycles. The molecule has 22 heavy (non-hydrogen) atoms. The Bertz CT molecular complexity index is 205. The largest absolute Gasteiger partial charge is 0.478 e. The first-order valence-electron chi connectivity index (χ1n) is 5.92. The van der Waals surface area contributed by atoms with Crippen molar-refractivity contribution < 1.29 is 35.1 Å². The third-order valence-electron chi connectivity index (χ3n) is 0.737. The lowest BCUT2D eigenvalue weighted by Gasteiger charge is -1.71. The Morgan fingerprint density at radius 1 is 0.727 bits per heavy atom. The van der Waals surface area contributed by atoms with E-state index >= 15 is 0 Å². The second kappa shape index (κ2) is 42.7. The number of nitrogens with two attached hydrogens (primary N) is 3. The SMILES string of the molecule is C=CC(=O)O.C=CC(=O)O.NCCO.NCCO.NCCO. The molecule has 0 rings (SSSR count). The predicted octanol–water partition coefficient (Wildman–Crippen LogP) is -2.67. The molecule has 11 N–H and O–H groups in total. The minimum atomic E-state index is -0.981. The summed E-state index contributed by atoms with van der Waals surface area (Å²) in [5.41, 5.74) is 14.3. The van der Waals surface area contributed by atoms with E-state index in [0.29, 0.717) is 19.6 Å². The Hall–Kier alpha value is -1.82. The van der Waals surface area contributed by atoms with Crippen LogP contribution in [0.2, 0.25) is 0 Å². The number of carbonyl (C=O) groups is 2. The third kappa shape index (κ3) is 200. The molecule has 10 nitrogen and oxygen atoms in total. The van der Waals surface area contributed by atoms with Crippen LogP contribution in [0.5, 0.6) is 0 Å². The summed E-state index contributed by atoms with van der Waals surface area (Å²) >= 11 is 0. The van der Waals surface area contributed by atoms with Gasteiger partial charge in [-0.2, -0.15) is 0 Å². The smallest absolute Gasteiger partial charge is 0.327 e. The zero-order valence-corrected chi connectivity index (χ0v) is 12.6. The highest BCUT2D eigenvalue weighted by Gasteiger charge is 1.73. The van der Waals surface area contributed by atoms with Gasteiger partial charge in [-0.1, -0.05) is 13.2 Å². The van der Waals surface area contributed by atoms with E-state index in [2.05, 4.69) is 13.2 Å². The molecule has 0 aliphatic rings. The Balaban J connectivity index is -0.0000000550. The van der Waals surface area contributed by atoms with Crippen LogP contribution in [0, 0.1) is 0 Å². The summed E-state index contributed by atoms with van der Waals surface area (Å²) in [5.74, 6) is -1.96. The van der Waals surface area contributed by atoms with Crippen LogP contribution in [-0.2, 0) is 9.59 Å². The van der Waals surface area contributed by atoms with Crippen LogP contribution in [0.1, 0.15) is 0 Å². The number of carboxylic acid groups (broad SMARTS) is 2. The van der Waals surface area contributed by atoms with Gasteiger partial charge in [0.2, 0.25) is 0 Å². The Labute approximate surface area is 130 Å². The van der Waals surface area contributed by atoms with Gasteiger partial charge in [-0.25, -0.2) is 9.59 Å². The summed E-state index contributed by atoms with van der Waals surface area (Å²) in [6, 6.07) is 0. The number of hydrogen-bond donors (Lipinski definition) is 8. The Morgan fingerprint density at radius 2 is 0.818 bits per heavy atom. The van der Waals surface area contributed by atoms with Crippen molar-refractivity contribution in [3.63, 3.8) is 0 Å². The number of rotatable bonds is 5. The van der Waals surface area contributed by atoms with Gasteiger partial charge >= 0.3 is 11.9 Å². The second-order valence-corrected chi connectivity index (χ2v) is 2.62. The van der Waals surface area contributed by atoms with Crippen molar-refractivity contribution >= 4 is 11.9 Å². The van der Waals surface area contributed by atoms with E-state index in [1.165, 1.54) is 0 Å². The molecule has 0 unspecified atom stereocenters. The van der Waals surface area contributed by atoms with Gasteiger partial charge in [0.25, 0.3) is 0 Å². The van der Waals surface area contributed by atoms with Crippen LogP contribution in [0.15, 0.2) is 25.3 Å². The van der Waals surface area contributed by atoms with E-state index in [1.807, 2.05) is 0 Å². The minimum absolute atomic E-state index is 0.0972. The van der Waals surface area contributed by atoms with Crippen LogP contribution >= 0.6 is 0 Å². The molecule has 10 heteroatoms. The predicted molar refractivity (Wildman–Crippen MR) is 84.1 cm³/mol. The lowest BCUT2D eigenvalue weighted by atomic mass is 10.7. The number of aliphatic hydroxyl groups excluding tert-OH is 3. The molecule has 0 spiro atoms. The molecule has 0 radical (unpaired) electrons. The van der Waals surface area contributed by atoms with Crippen molar-refractivity contribution in [2.75, 3.05) is 39.5 Å². The summed E-state index contributed by atoms with van der Waals surface area (Å²) in [6.45, 7) is 7.34. The van der Waals surface area contributed by atoms with E-state index in [9.17, 15) is 9.59 Å². The first-order chi connectivity index (χ1) is 10.3. The van der Waals surface area contributed by atoms with E-state index in [4.69, 9.17) is 42.7 Å². The highest BCUT2D eigenvalue weighted by molar-refractivity contribution is 5.79. The van der Waals surface area contributed by atoms with Crippen molar-refractivity contribution in [2.24, 2.45) is 17.2 Å². The van der Waals surface area contributed by atoms with Crippen LogP contribution in [0.25, 0.3) is 0 Å². The highest BCUT2D eigenvalue weighted by Crippen LogP contribution is 1.55. The van der Waals surface area contributed by atoms with E-state index in [0.717, 1.165) is 12.2 Å². The first-order valence-corrected chi connectivity index (χ1v) is 5.92. The molecular formula is C12H29N3O7. The molecule has 0 aromatic carbocycles. The summed E-state index contributed by atoms with van der Waals surface area (Å²) in [7, 11) is 0. The van der Waals surface area contributed by atoms with Crippen molar-refractivity contribution in [1.82, 2.24) is 0 Å². The molecular weight excluding hydrogens is 298 g/mol. The zero-order chi connectivity index (χ0) is 18.8. The molecule has 0 aromatic heterocycles. The maximum atomic E-state index is 9.25. The average Bonchev–Trinajstić information content (AvgIpc) is 2.55. The molecule has 0 saturated carbocycles. The zero-order valence-electron chi connectivity index (χ0n) is 12.6. The summed E-state index contributed by atoms with van der Waals surface area (Å²) < 4.78 is 0. The molecule has 0 amide bonds. The normalized spacial score (nSPS) is 7.00. The van der Waals surface area contributed by atoms with Crippen molar-refractivity contribution in [3.05, 3.63) is 25.3 Å². The fraction of sp³-hybridized carbons (Fsp3) is 0.500. The van der Waals surface area contributed by atoms with Crippen molar-refractivity contribution in [2.45, 2.75) is 0 Å². The molecule has 0 aromatic rings. The number of hydrogen-bond acceptors (Lipinski definition) is 8. The van der Waals surface area contributed by atoms with Gasteiger partial charge in [0.1, 0.15) is 0 Å². The Morgan fingerprint density at radius 3 is 0.818 bits per heavy atom. The van der Waals surface area contributed by atoms with Gasteiger partial charge in [-0.05, 0) is 0 Å². The Kier molecular flexibility index (Phi) is 62.6. The topological polar surface area (TPSA) is 213 Å². The third-order valence-corrected chi connectivity index (χ3v) is 0.737. The molecule has 0 saturated heterocycles. The van der Waals surface area contributed by atoms with Gasteiger partial charge in [0.05, 0.1) is 19.8 Å². The second-order valence-electron chi connectivity index (χ2n) is 2.62. The lowest BCUT2D eigenvalue weighted by molar-refractivity contribution is -0.132. The van der Waals surface area contributed by atoms with Gasteiger partial charge in [-0.3, -0.25) is 0 Å². The molecule has 0 fully saturated rings. The van der Waals surface area contributed by atoms with Gasteiger partial charge in [0.15, 0.2) is 0 Å². The van der Waals surface area contributed by atoms with Crippen LogP contribution in [0.4, 0.5) is 0 Å². The number of aliphatic hydroxyl groups is 3. The highest BCUT2D eigenvalue weighted by atomic mass is 16.4. The van der Waals surface area contributed by atoms with Crippen molar-refractivity contribution in [1.29, 1.82) is 0 Å². The average molecular weight is 327 g/mol. The number of carboxylic acids is 2. The van der Waals surface area contributed by atoms with Crippen molar-refractivity contribution in [3.8, 4) is 0 Å². The molecule has 0 bridgehead atoms. The summed E-state index contributed by atoms with van der Waals surface area (Å²) in [5, 5.41) is 38.5. The molecule has 0 heterocycles. The molecule has 0 aliphatic carbocycles. The quantitative estimate of drug-likeness (QED) is 0.245. The van der Waals surface area contributed by atoms with Crippen LogP contribution in [0.3, 0.4) is 0 Å². The summed E-state index contributed by atoms with van der Waals surface area (Å²) in [4.78, 5) is 18.5. The van der Waals surface area contributed by atoms with Gasteiger partial charge in [-0.15, -0.1) is 0 Å². The fourth-order valence-electron chi connectivity index (χ4n) is 0. The van der Waals surface area contributed by atoms with Crippen LogP contribution in [-0.4, -0.2) is 76.9 Å².